The van der Waals surface area contributed by atoms with Crippen LogP contribution in [0, 0.1) is 0 Å². The van der Waals surface area contributed by atoms with Gasteiger partial charge in [-0.2, -0.15) is 0 Å². The lowest BCUT2D eigenvalue weighted by Gasteiger charge is -2.25. The van der Waals surface area contributed by atoms with Crippen LogP contribution in [0.3, 0.4) is 0 Å². The minimum absolute atomic E-state index is 0.190. The highest BCUT2D eigenvalue weighted by Crippen LogP contribution is 2.18. The summed E-state index contributed by atoms with van der Waals surface area (Å²) in [4.78, 5) is 25.0. The Hall–Kier alpha value is -1.78. The third kappa shape index (κ3) is 5.07. The molecule has 0 spiro atoms. The topological polar surface area (TPSA) is 55.8 Å². The fourth-order valence-corrected chi connectivity index (χ4v) is 1.73. The predicted octanol–water partition coefficient (Wildman–Crippen LogP) is 3.02. The smallest absolute Gasteiger partial charge is 0.414 e. The van der Waals surface area contributed by atoms with Crippen LogP contribution in [0.2, 0.25) is 0 Å². The number of hydrogen-bond donors (Lipinski definition) is 0. The van der Waals surface area contributed by atoms with E-state index in [9.17, 15) is 9.59 Å². The van der Waals surface area contributed by atoms with E-state index in [2.05, 4.69) is 0 Å². The summed E-state index contributed by atoms with van der Waals surface area (Å²) in [6.07, 6.45) is 4.51. The Morgan fingerprint density at radius 2 is 2.05 bits per heavy atom. The molecule has 0 aliphatic carbocycles. The monoisotopic (exact) mass is 281 g/mol. The van der Waals surface area contributed by atoms with Crippen molar-refractivity contribution in [3.05, 3.63) is 23.6 Å². The molecular weight excluding hydrogens is 258 g/mol. The van der Waals surface area contributed by atoms with Gasteiger partial charge < -0.3 is 9.47 Å². The van der Waals surface area contributed by atoms with Crippen molar-refractivity contribution in [3.8, 4) is 0 Å². The molecule has 1 aliphatic heterocycles. The average molecular weight is 281 g/mol. The number of amides is 1. The second-order valence-corrected chi connectivity index (χ2v) is 5.79. The van der Waals surface area contributed by atoms with Gasteiger partial charge in [0.1, 0.15) is 5.60 Å². The molecule has 0 bridgehead atoms. The lowest BCUT2D eigenvalue weighted by molar-refractivity contribution is -0.115. The predicted molar refractivity (Wildman–Crippen MR) is 76.0 cm³/mol. The molecule has 0 aromatic carbocycles. The second-order valence-electron chi connectivity index (χ2n) is 5.79. The van der Waals surface area contributed by atoms with Crippen LogP contribution in [0.15, 0.2) is 23.6 Å². The molecule has 1 aliphatic rings. The van der Waals surface area contributed by atoms with Crippen LogP contribution in [-0.2, 0) is 14.3 Å². The van der Waals surface area contributed by atoms with Gasteiger partial charge in [-0.3, -0.25) is 9.69 Å². The molecular formula is C15H23NO4. The first kappa shape index (κ1) is 16.3. The van der Waals surface area contributed by atoms with Crippen LogP contribution in [0.25, 0.3) is 0 Å². The van der Waals surface area contributed by atoms with E-state index in [1.54, 1.807) is 33.1 Å². The van der Waals surface area contributed by atoms with E-state index in [0.717, 1.165) is 18.4 Å². The number of rotatable bonds is 3. The van der Waals surface area contributed by atoms with E-state index in [0.29, 0.717) is 12.3 Å². The van der Waals surface area contributed by atoms with Crippen molar-refractivity contribution in [2.45, 2.75) is 46.1 Å². The van der Waals surface area contributed by atoms with E-state index in [-0.39, 0.29) is 5.78 Å². The molecule has 1 amide bonds. The van der Waals surface area contributed by atoms with E-state index < -0.39 is 11.7 Å². The standard InChI is InChI=1S/C15H23NO4/c1-11(17)13(9-12-7-6-8-19-10-12)16(5)14(18)20-15(2,3)4/h9-10H,6-8H2,1-5H3/b13-9-. The van der Waals surface area contributed by atoms with Crippen LogP contribution < -0.4 is 0 Å². The molecule has 5 nitrogen and oxygen atoms in total. The van der Waals surface area contributed by atoms with Crippen molar-refractivity contribution >= 4 is 11.9 Å². The molecule has 1 rings (SSSR count). The van der Waals surface area contributed by atoms with Gasteiger partial charge in [0.2, 0.25) is 0 Å². The lowest BCUT2D eigenvalue weighted by atomic mass is 10.1. The fourth-order valence-electron chi connectivity index (χ4n) is 1.73. The molecule has 112 valence electrons. The Labute approximate surface area is 120 Å². The first-order valence-corrected chi connectivity index (χ1v) is 6.70. The van der Waals surface area contributed by atoms with Gasteiger partial charge in [-0.15, -0.1) is 0 Å². The Morgan fingerprint density at radius 3 is 2.50 bits per heavy atom. The van der Waals surface area contributed by atoms with Crippen molar-refractivity contribution in [3.63, 3.8) is 0 Å². The van der Waals surface area contributed by atoms with Gasteiger partial charge in [0.05, 0.1) is 18.6 Å². The van der Waals surface area contributed by atoms with E-state index in [4.69, 9.17) is 9.47 Å². The zero-order valence-corrected chi connectivity index (χ0v) is 12.9. The highest BCUT2D eigenvalue weighted by molar-refractivity contribution is 5.96. The van der Waals surface area contributed by atoms with Gasteiger partial charge >= 0.3 is 6.09 Å². The van der Waals surface area contributed by atoms with E-state index in [1.165, 1.54) is 18.9 Å². The number of ether oxygens (including phenoxy) is 2. The Morgan fingerprint density at radius 1 is 1.40 bits per heavy atom. The molecule has 0 radical (unpaired) electrons. The normalized spacial score (nSPS) is 16.1. The van der Waals surface area contributed by atoms with Crippen LogP contribution in [0.5, 0.6) is 0 Å². The number of carbonyl (C=O) groups is 2. The maximum Gasteiger partial charge on any atom is 0.414 e. The van der Waals surface area contributed by atoms with Crippen LogP contribution in [0.1, 0.15) is 40.5 Å². The summed E-state index contributed by atoms with van der Waals surface area (Å²) in [6.45, 7) is 7.47. The Kier molecular flexibility index (Phi) is 5.36. The summed E-state index contributed by atoms with van der Waals surface area (Å²) >= 11 is 0. The molecule has 0 fully saturated rings. The molecule has 0 N–H and O–H groups in total. The molecule has 20 heavy (non-hydrogen) atoms. The van der Waals surface area contributed by atoms with Crippen molar-refractivity contribution in [2.24, 2.45) is 0 Å². The van der Waals surface area contributed by atoms with Crippen molar-refractivity contribution in [1.82, 2.24) is 4.90 Å². The van der Waals surface area contributed by atoms with Gasteiger partial charge in [-0.25, -0.2) is 4.79 Å². The maximum absolute atomic E-state index is 12.0. The zero-order valence-electron chi connectivity index (χ0n) is 12.9. The third-order valence-electron chi connectivity index (χ3n) is 2.67. The number of hydrogen-bond acceptors (Lipinski definition) is 4. The lowest BCUT2D eigenvalue weighted by Crippen LogP contribution is -2.35. The minimum Gasteiger partial charge on any atom is -0.501 e. The van der Waals surface area contributed by atoms with E-state index >= 15 is 0 Å². The number of carbonyl (C=O) groups excluding carboxylic acids is 2. The van der Waals surface area contributed by atoms with Crippen LogP contribution in [0.4, 0.5) is 4.79 Å². The SMILES string of the molecule is CC(=O)/C(=C/C1=COCCC1)N(C)C(=O)OC(C)(C)C. The van der Waals surface area contributed by atoms with Gasteiger partial charge in [0.15, 0.2) is 5.78 Å². The quantitative estimate of drug-likeness (QED) is 0.746. The first-order valence-electron chi connectivity index (χ1n) is 6.70. The van der Waals surface area contributed by atoms with Gasteiger partial charge in [0.25, 0.3) is 0 Å². The number of nitrogens with zero attached hydrogens (tertiary/aromatic N) is 1. The third-order valence-corrected chi connectivity index (χ3v) is 2.67. The number of allylic oxidation sites excluding steroid dienone is 3. The van der Waals surface area contributed by atoms with Gasteiger partial charge in [0, 0.05) is 14.0 Å². The van der Waals surface area contributed by atoms with Crippen molar-refractivity contribution in [2.75, 3.05) is 13.7 Å². The molecule has 0 atom stereocenters. The van der Waals surface area contributed by atoms with E-state index in [1.807, 2.05) is 0 Å². The number of likely N-dealkylation sites (N-methyl/N-ethyl adjacent to an activating group) is 1. The highest BCUT2D eigenvalue weighted by Gasteiger charge is 2.24. The molecule has 5 heteroatoms. The first-order chi connectivity index (χ1) is 9.20. The Balaban J connectivity index is 2.90. The second kappa shape index (κ2) is 6.59. The number of Topliss-reactive ketones (excluding diaryl/α,β-unsaturated/α-hetero) is 1. The highest BCUT2D eigenvalue weighted by atomic mass is 16.6. The maximum atomic E-state index is 12.0. The molecule has 0 aromatic heterocycles. The van der Waals surface area contributed by atoms with Gasteiger partial charge in [-0.05, 0) is 45.3 Å². The van der Waals surface area contributed by atoms with Crippen molar-refractivity contribution < 1.29 is 19.1 Å². The summed E-state index contributed by atoms with van der Waals surface area (Å²) in [5.41, 5.74) is 0.605. The zero-order chi connectivity index (χ0) is 15.3. The van der Waals surface area contributed by atoms with Crippen LogP contribution >= 0.6 is 0 Å². The van der Waals surface area contributed by atoms with Crippen LogP contribution in [-0.4, -0.2) is 36.0 Å². The molecule has 1 heterocycles. The summed E-state index contributed by atoms with van der Waals surface area (Å²) in [5, 5.41) is 0. The van der Waals surface area contributed by atoms with Gasteiger partial charge in [-0.1, -0.05) is 0 Å². The average Bonchev–Trinajstić information content (AvgIpc) is 2.34. The molecule has 0 saturated heterocycles. The number of ketones is 1. The summed E-state index contributed by atoms with van der Waals surface area (Å²) in [6, 6.07) is 0. The van der Waals surface area contributed by atoms with Crippen molar-refractivity contribution in [1.29, 1.82) is 0 Å². The minimum atomic E-state index is -0.597. The Bertz CT molecular complexity index is 443. The summed E-state index contributed by atoms with van der Waals surface area (Å²) in [7, 11) is 1.53. The summed E-state index contributed by atoms with van der Waals surface area (Å²) in [5.74, 6) is -0.190. The fraction of sp³-hybridized carbons (Fsp3) is 0.600. The molecule has 0 unspecified atom stereocenters. The largest absolute Gasteiger partial charge is 0.501 e. The molecule has 0 aromatic rings. The summed E-state index contributed by atoms with van der Waals surface area (Å²) < 4.78 is 10.5. The molecule has 0 saturated carbocycles.